The molecule has 0 aromatic heterocycles. The van der Waals surface area contributed by atoms with Crippen molar-refractivity contribution >= 4 is 17.7 Å². The zero-order valence-electron chi connectivity index (χ0n) is 14.2. The molecule has 3 nitrogen and oxygen atoms in total. The Hall–Kier alpha value is -2.00. The van der Waals surface area contributed by atoms with Crippen LogP contribution in [0.1, 0.15) is 36.3 Å². The molecule has 130 valence electrons. The van der Waals surface area contributed by atoms with E-state index in [-0.39, 0.29) is 18.1 Å². The second kappa shape index (κ2) is 7.09. The second-order valence-corrected chi connectivity index (χ2v) is 7.15. The summed E-state index contributed by atoms with van der Waals surface area (Å²) in [5.74, 6) is 0.697. The van der Waals surface area contributed by atoms with Crippen LogP contribution in [0.4, 0.5) is 4.79 Å². The summed E-state index contributed by atoms with van der Waals surface area (Å²) in [6.45, 7) is 1.16. The highest BCUT2D eigenvalue weighted by Gasteiger charge is 2.32. The monoisotopic (exact) mass is 355 g/mol. The number of halogens is 1. The smallest absolute Gasteiger partial charge is 0.410 e. The number of fused-ring (bicyclic) bond motifs is 3. The fourth-order valence-corrected chi connectivity index (χ4v) is 4.43. The first-order valence-electron chi connectivity index (χ1n) is 8.97. The Balaban J connectivity index is 1.51. The standard InChI is InChI=1S/C21H22ClNO2/c22-12-11-15-6-5-13-23(15)21(24)25-14-20-18-9-3-1-7-16(18)17-8-2-4-10-19(17)20/h1-4,7-10,15,20H,5-6,11-14H2/t15-/m0/s1. The summed E-state index contributed by atoms with van der Waals surface area (Å²) >= 11 is 5.87. The van der Waals surface area contributed by atoms with Gasteiger partial charge in [0.1, 0.15) is 6.61 Å². The van der Waals surface area contributed by atoms with Crippen LogP contribution in [0.5, 0.6) is 0 Å². The Morgan fingerprint density at radius 1 is 1.08 bits per heavy atom. The van der Waals surface area contributed by atoms with Crippen LogP contribution in [0, 0.1) is 0 Å². The predicted molar refractivity (Wildman–Crippen MR) is 100 cm³/mol. The molecule has 0 bridgehead atoms. The van der Waals surface area contributed by atoms with Gasteiger partial charge in [-0.15, -0.1) is 11.6 Å². The van der Waals surface area contributed by atoms with Crippen molar-refractivity contribution in [3.63, 3.8) is 0 Å². The number of carbonyl (C=O) groups is 1. The maximum Gasteiger partial charge on any atom is 0.410 e. The zero-order chi connectivity index (χ0) is 17.2. The van der Waals surface area contributed by atoms with Crippen LogP contribution >= 0.6 is 11.6 Å². The van der Waals surface area contributed by atoms with Gasteiger partial charge in [-0.3, -0.25) is 0 Å². The summed E-state index contributed by atoms with van der Waals surface area (Å²) in [5.41, 5.74) is 4.99. The summed E-state index contributed by atoms with van der Waals surface area (Å²) < 4.78 is 5.74. The lowest BCUT2D eigenvalue weighted by Gasteiger charge is -2.24. The Kier molecular flexibility index (Phi) is 4.67. The highest BCUT2D eigenvalue weighted by atomic mass is 35.5. The quantitative estimate of drug-likeness (QED) is 0.720. The molecule has 1 atom stereocenters. The lowest BCUT2D eigenvalue weighted by atomic mass is 9.98. The molecule has 1 heterocycles. The number of ether oxygens (including phenoxy) is 1. The highest BCUT2D eigenvalue weighted by Crippen LogP contribution is 2.44. The van der Waals surface area contributed by atoms with Crippen LogP contribution in [0.3, 0.4) is 0 Å². The molecule has 4 heteroatoms. The van der Waals surface area contributed by atoms with Gasteiger partial charge in [-0.25, -0.2) is 4.79 Å². The Bertz CT molecular complexity index is 730. The first-order valence-corrected chi connectivity index (χ1v) is 9.50. The third-order valence-corrected chi connectivity index (χ3v) is 5.61. The Morgan fingerprint density at radius 2 is 1.72 bits per heavy atom. The number of carbonyl (C=O) groups excluding carboxylic acids is 1. The molecule has 1 saturated heterocycles. The molecule has 25 heavy (non-hydrogen) atoms. The highest BCUT2D eigenvalue weighted by molar-refractivity contribution is 6.17. The lowest BCUT2D eigenvalue weighted by molar-refractivity contribution is 0.0951. The molecule has 1 amide bonds. The van der Waals surface area contributed by atoms with Crippen LogP contribution < -0.4 is 0 Å². The molecule has 0 N–H and O–H groups in total. The molecule has 1 aliphatic heterocycles. The average Bonchev–Trinajstić information content (AvgIpc) is 3.23. The van der Waals surface area contributed by atoms with E-state index < -0.39 is 0 Å². The van der Waals surface area contributed by atoms with Crippen LogP contribution in [0.25, 0.3) is 11.1 Å². The van der Waals surface area contributed by atoms with Crippen molar-refractivity contribution < 1.29 is 9.53 Å². The maximum atomic E-state index is 12.6. The molecular formula is C21H22ClNO2. The van der Waals surface area contributed by atoms with E-state index in [0.717, 1.165) is 25.8 Å². The SMILES string of the molecule is O=C(OCC1c2ccccc2-c2ccccc21)N1CCC[C@H]1CCCl. The maximum absolute atomic E-state index is 12.6. The van der Waals surface area contributed by atoms with Gasteiger partial charge in [-0.05, 0) is 41.5 Å². The molecule has 0 spiro atoms. The van der Waals surface area contributed by atoms with Crippen molar-refractivity contribution in [2.75, 3.05) is 19.0 Å². The van der Waals surface area contributed by atoms with Gasteiger partial charge in [0.25, 0.3) is 0 Å². The molecule has 2 aromatic rings. The van der Waals surface area contributed by atoms with Gasteiger partial charge in [0.15, 0.2) is 0 Å². The van der Waals surface area contributed by atoms with Crippen molar-refractivity contribution in [2.24, 2.45) is 0 Å². The minimum atomic E-state index is -0.200. The number of hydrogen-bond donors (Lipinski definition) is 0. The van der Waals surface area contributed by atoms with E-state index in [1.54, 1.807) is 0 Å². The summed E-state index contributed by atoms with van der Waals surface area (Å²) in [7, 11) is 0. The molecular weight excluding hydrogens is 334 g/mol. The molecule has 2 aliphatic rings. The minimum absolute atomic E-state index is 0.116. The zero-order valence-corrected chi connectivity index (χ0v) is 14.9. The third-order valence-electron chi connectivity index (χ3n) is 5.39. The van der Waals surface area contributed by atoms with Gasteiger partial charge in [0.05, 0.1) is 0 Å². The van der Waals surface area contributed by atoms with Gasteiger partial charge in [0.2, 0.25) is 0 Å². The van der Waals surface area contributed by atoms with E-state index in [4.69, 9.17) is 16.3 Å². The van der Waals surface area contributed by atoms with Gasteiger partial charge in [-0.1, -0.05) is 48.5 Å². The molecule has 1 fully saturated rings. The number of alkyl halides is 1. The van der Waals surface area contributed by atoms with Crippen LogP contribution in [0.2, 0.25) is 0 Å². The molecule has 1 aliphatic carbocycles. The van der Waals surface area contributed by atoms with Crippen molar-refractivity contribution in [3.8, 4) is 11.1 Å². The summed E-state index contributed by atoms with van der Waals surface area (Å²) in [4.78, 5) is 14.4. The molecule has 2 aromatic carbocycles. The van der Waals surface area contributed by atoms with Gasteiger partial charge < -0.3 is 9.64 Å². The molecule has 0 unspecified atom stereocenters. The summed E-state index contributed by atoms with van der Waals surface area (Å²) in [5, 5.41) is 0. The van der Waals surface area contributed by atoms with Crippen LogP contribution in [-0.2, 0) is 4.74 Å². The number of benzene rings is 2. The topological polar surface area (TPSA) is 29.5 Å². The summed E-state index contributed by atoms with van der Waals surface area (Å²) in [6.07, 6.45) is 2.70. The lowest BCUT2D eigenvalue weighted by Crippen LogP contribution is -2.36. The van der Waals surface area contributed by atoms with Crippen molar-refractivity contribution in [1.82, 2.24) is 4.90 Å². The van der Waals surface area contributed by atoms with Crippen molar-refractivity contribution in [1.29, 1.82) is 0 Å². The Morgan fingerprint density at radius 3 is 2.36 bits per heavy atom. The van der Waals surface area contributed by atoms with Gasteiger partial charge in [0, 0.05) is 24.4 Å². The fraction of sp³-hybridized carbons (Fsp3) is 0.381. The molecule has 4 rings (SSSR count). The number of amides is 1. The number of rotatable bonds is 4. The van der Waals surface area contributed by atoms with E-state index in [1.807, 2.05) is 4.90 Å². The van der Waals surface area contributed by atoms with E-state index in [9.17, 15) is 4.79 Å². The third kappa shape index (κ3) is 3.02. The molecule has 0 saturated carbocycles. The van der Waals surface area contributed by atoms with Crippen LogP contribution in [-0.4, -0.2) is 36.1 Å². The van der Waals surface area contributed by atoms with E-state index in [1.165, 1.54) is 22.3 Å². The van der Waals surface area contributed by atoms with E-state index >= 15 is 0 Å². The van der Waals surface area contributed by atoms with E-state index in [2.05, 4.69) is 48.5 Å². The van der Waals surface area contributed by atoms with Crippen LogP contribution in [0.15, 0.2) is 48.5 Å². The number of likely N-dealkylation sites (tertiary alicyclic amines) is 1. The second-order valence-electron chi connectivity index (χ2n) is 6.77. The van der Waals surface area contributed by atoms with E-state index in [0.29, 0.717) is 12.5 Å². The van der Waals surface area contributed by atoms with Crippen molar-refractivity contribution in [2.45, 2.75) is 31.2 Å². The predicted octanol–water partition coefficient (Wildman–Crippen LogP) is 5.03. The molecule has 0 radical (unpaired) electrons. The average molecular weight is 356 g/mol. The van der Waals surface area contributed by atoms with Gasteiger partial charge >= 0.3 is 6.09 Å². The largest absolute Gasteiger partial charge is 0.448 e. The fourth-order valence-electron chi connectivity index (χ4n) is 4.18. The first kappa shape index (κ1) is 16.5. The normalized spacial score (nSPS) is 18.9. The summed E-state index contributed by atoms with van der Waals surface area (Å²) in [6, 6.07) is 17.0. The minimum Gasteiger partial charge on any atom is -0.448 e. The van der Waals surface area contributed by atoms with Gasteiger partial charge in [-0.2, -0.15) is 0 Å². The number of hydrogen-bond acceptors (Lipinski definition) is 2. The first-order chi connectivity index (χ1) is 12.3. The number of nitrogens with zero attached hydrogens (tertiary/aromatic N) is 1. The van der Waals surface area contributed by atoms with Crippen molar-refractivity contribution in [3.05, 3.63) is 59.7 Å². The Labute approximate surface area is 153 Å².